The quantitative estimate of drug-likeness (QED) is 0.780. The SMILES string of the molecule is c1ccc(C2(c3ccccc3)CCN3CSN=C32)cc1. The topological polar surface area (TPSA) is 15.6 Å². The molecule has 2 heterocycles. The summed E-state index contributed by atoms with van der Waals surface area (Å²) in [6.45, 7) is 1.09. The van der Waals surface area contributed by atoms with E-state index in [9.17, 15) is 0 Å². The zero-order valence-corrected chi connectivity index (χ0v) is 12.0. The Morgan fingerprint density at radius 3 is 2.10 bits per heavy atom. The lowest BCUT2D eigenvalue weighted by molar-refractivity contribution is 0.534. The zero-order valence-electron chi connectivity index (χ0n) is 11.2. The van der Waals surface area contributed by atoms with Gasteiger partial charge in [-0.25, -0.2) is 4.40 Å². The monoisotopic (exact) mass is 280 g/mol. The van der Waals surface area contributed by atoms with Crippen LogP contribution in [-0.4, -0.2) is 23.2 Å². The normalized spacial score (nSPS) is 19.8. The highest BCUT2D eigenvalue weighted by molar-refractivity contribution is 7.98. The molecule has 2 aromatic carbocycles. The summed E-state index contributed by atoms with van der Waals surface area (Å²) in [5.74, 6) is 2.23. The van der Waals surface area contributed by atoms with Crippen molar-refractivity contribution in [3.05, 3.63) is 71.8 Å². The van der Waals surface area contributed by atoms with E-state index in [1.54, 1.807) is 11.9 Å². The molecule has 100 valence electrons. The van der Waals surface area contributed by atoms with Crippen LogP contribution < -0.4 is 0 Å². The minimum Gasteiger partial charge on any atom is -0.347 e. The van der Waals surface area contributed by atoms with Crippen molar-refractivity contribution < 1.29 is 0 Å². The number of fused-ring (bicyclic) bond motifs is 1. The van der Waals surface area contributed by atoms with Crippen LogP contribution in [0.25, 0.3) is 0 Å². The van der Waals surface area contributed by atoms with E-state index < -0.39 is 0 Å². The number of rotatable bonds is 2. The Hall–Kier alpha value is -1.74. The summed E-state index contributed by atoms with van der Waals surface area (Å²) in [6.07, 6.45) is 1.11. The minimum absolute atomic E-state index is 0.0635. The molecule has 0 aromatic heterocycles. The highest BCUT2D eigenvalue weighted by Gasteiger charge is 2.48. The number of hydrogen-bond donors (Lipinski definition) is 0. The van der Waals surface area contributed by atoms with Gasteiger partial charge in [0, 0.05) is 6.54 Å². The summed E-state index contributed by atoms with van der Waals surface area (Å²) in [6, 6.07) is 21.6. The Labute approximate surface area is 123 Å². The Bertz CT molecular complexity index is 597. The number of nitrogens with zero attached hydrogens (tertiary/aromatic N) is 2. The molecule has 2 aliphatic heterocycles. The Balaban J connectivity index is 1.95. The standard InChI is InChI=1S/C17H16N2S/c1-3-7-14(8-4-1)17(15-9-5-2-6-10-15)11-12-19-13-20-18-16(17)19/h1-10H,11-13H2. The van der Waals surface area contributed by atoms with Crippen LogP contribution in [0, 0.1) is 0 Å². The molecule has 0 unspecified atom stereocenters. The van der Waals surface area contributed by atoms with Crippen molar-refractivity contribution in [2.24, 2.45) is 4.40 Å². The van der Waals surface area contributed by atoms with Gasteiger partial charge in [-0.3, -0.25) is 0 Å². The van der Waals surface area contributed by atoms with Crippen molar-refractivity contribution in [2.75, 3.05) is 12.4 Å². The van der Waals surface area contributed by atoms with Gasteiger partial charge in [0.1, 0.15) is 5.84 Å². The van der Waals surface area contributed by atoms with E-state index in [2.05, 4.69) is 65.6 Å². The molecule has 0 amide bonds. The summed E-state index contributed by atoms with van der Waals surface area (Å²) in [7, 11) is 0. The molecule has 1 saturated heterocycles. The van der Waals surface area contributed by atoms with Gasteiger partial charge in [-0.15, -0.1) is 0 Å². The first-order valence-electron chi connectivity index (χ1n) is 6.98. The van der Waals surface area contributed by atoms with E-state index in [0.29, 0.717) is 0 Å². The second-order valence-electron chi connectivity index (χ2n) is 5.32. The van der Waals surface area contributed by atoms with Gasteiger partial charge in [0.25, 0.3) is 0 Å². The first-order valence-corrected chi connectivity index (χ1v) is 7.92. The maximum Gasteiger partial charge on any atom is 0.129 e. The molecule has 2 nitrogen and oxygen atoms in total. The molecule has 0 spiro atoms. The van der Waals surface area contributed by atoms with E-state index in [1.807, 2.05) is 0 Å². The van der Waals surface area contributed by atoms with Crippen LogP contribution in [-0.2, 0) is 5.41 Å². The van der Waals surface area contributed by atoms with Crippen molar-refractivity contribution in [1.82, 2.24) is 4.90 Å². The van der Waals surface area contributed by atoms with Crippen LogP contribution in [0.2, 0.25) is 0 Å². The third-order valence-electron chi connectivity index (χ3n) is 4.34. The lowest BCUT2D eigenvalue weighted by Gasteiger charge is -2.30. The summed E-state index contributed by atoms with van der Waals surface area (Å²) in [4.78, 5) is 2.42. The van der Waals surface area contributed by atoms with Crippen molar-refractivity contribution in [3.8, 4) is 0 Å². The van der Waals surface area contributed by atoms with Crippen LogP contribution in [0.4, 0.5) is 0 Å². The van der Waals surface area contributed by atoms with Crippen LogP contribution in [0.5, 0.6) is 0 Å². The number of hydrogen-bond acceptors (Lipinski definition) is 3. The molecule has 3 heteroatoms. The van der Waals surface area contributed by atoms with E-state index in [-0.39, 0.29) is 5.41 Å². The fourth-order valence-corrected chi connectivity index (χ4v) is 4.21. The predicted octanol–water partition coefficient (Wildman–Crippen LogP) is 3.70. The van der Waals surface area contributed by atoms with Crippen LogP contribution >= 0.6 is 11.9 Å². The van der Waals surface area contributed by atoms with Crippen LogP contribution in [0.3, 0.4) is 0 Å². The van der Waals surface area contributed by atoms with E-state index in [4.69, 9.17) is 4.40 Å². The minimum atomic E-state index is -0.0635. The van der Waals surface area contributed by atoms with E-state index >= 15 is 0 Å². The zero-order chi connectivity index (χ0) is 13.4. The smallest absolute Gasteiger partial charge is 0.129 e. The molecule has 2 aliphatic rings. The molecule has 0 saturated carbocycles. The average molecular weight is 280 g/mol. The van der Waals surface area contributed by atoms with Gasteiger partial charge >= 0.3 is 0 Å². The summed E-state index contributed by atoms with van der Waals surface area (Å²) >= 11 is 1.67. The van der Waals surface area contributed by atoms with Gasteiger partial charge in [0.05, 0.1) is 11.3 Å². The Morgan fingerprint density at radius 2 is 1.50 bits per heavy atom. The molecule has 0 atom stereocenters. The highest BCUT2D eigenvalue weighted by atomic mass is 32.2. The van der Waals surface area contributed by atoms with E-state index in [1.165, 1.54) is 17.0 Å². The molecular formula is C17H16N2S. The van der Waals surface area contributed by atoms with Crippen LogP contribution in [0.1, 0.15) is 17.5 Å². The first-order chi connectivity index (χ1) is 9.91. The molecule has 4 rings (SSSR count). The van der Waals surface area contributed by atoms with Crippen molar-refractivity contribution in [2.45, 2.75) is 11.8 Å². The molecule has 1 fully saturated rings. The van der Waals surface area contributed by atoms with Crippen molar-refractivity contribution in [1.29, 1.82) is 0 Å². The molecule has 0 radical (unpaired) electrons. The second-order valence-corrected chi connectivity index (χ2v) is 6.02. The van der Waals surface area contributed by atoms with Crippen molar-refractivity contribution >= 4 is 17.8 Å². The maximum atomic E-state index is 4.76. The summed E-state index contributed by atoms with van der Waals surface area (Å²) < 4.78 is 4.76. The van der Waals surface area contributed by atoms with Gasteiger partial charge in [-0.1, -0.05) is 60.7 Å². The van der Waals surface area contributed by atoms with Gasteiger partial charge in [-0.2, -0.15) is 0 Å². The lowest BCUT2D eigenvalue weighted by atomic mass is 9.73. The molecular weight excluding hydrogens is 264 g/mol. The van der Waals surface area contributed by atoms with Gasteiger partial charge in [-0.05, 0) is 29.5 Å². The number of benzene rings is 2. The Kier molecular flexibility index (Phi) is 2.81. The molecule has 2 aromatic rings. The summed E-state index contributed by atoms with van der Waals surface area (Å²) in [5, 5.41) is 0. The molecule has 20 heavy (non-hydrogen) atoms. The fourth-order valence-electron chi connectivity index (χ4n) is 3.37. The lowest BCUT2D eigenvalue weighted by Crippen LogP contribution is -2.36. The summed E-state index contributed by atoms with van der Waals surface area (Å²) in [5.41, 5.74) is 2.65. The third-order valence-corrected chi connectivity index (χ3v) is 5.06. The fraction of sp³-hybridized carbons (Fsp3) is 0.235. The third kappa shape index (κ3) is 1.63. The second kappa shape index (κ2) is 4.67. The van der Waals surface area contributed by atoms with Crippen molar-refractivity contribution in [3.63, 3.8) is 0 Å². The predicted molar refractivity (Wildman–Crippen MR) is 84.9 cm³/mol. The van der Waals surface area contributed by atoms with Gasteiger partial charge in [0.2, 0.25) is 0 Å². The molecule has 0 N–H and O–H groups in total. The largest absolute Gasteiger partial charge is 0.347 e. The first kappa shape index (κ1) is 12.0. The van der Waals surface area contributed by atoms with Gasteiger partial charge in [0.15, 0.2) is 0 Å². The molecule has 0 bridgehead atoms. The highest BCUT2D eigenvalue weighted by Crippen LogP contribution is 2.45. The van der Waals surface area contributed by atoms with Crippen LogP contribution in [0.15, 0.2) is 65.1 Å². The average Bonchev–Trinajstić information content (AvgIpc) is 3.11. The van der Waals surface area contributed by atoms with Gasteiger partial charge < -0.3 is 4.90 Å². The Morgan fingerprint density at radius 1 is 0.900 bits per heavy atom. The van der Waals surface area contributed by atoms with E-state index in [0.717, 1.165) is 18.8 Å². The molecule has 0 aliphatic carbocycles. The number of amidine groups is 1. The maximum absolute atomic E-state index is 4.76.